The molecule has 2 N–H and O–H groups in total. The molecule has 1 aromatic heterocycles. The number of aromatic nitrogens is 1. The molecular weight excluding hydrogens is 264 g/mol. The molecule has 7 heteroatoms. The summed E-state index contributed by atoms with van der Waals surface area (Å²) in [6.45, 7) is 1.15. The minimum atomic E-state index is -3.65. The average molecular weight is 280 g/mol. The van der Waals surface area contributed by atoms with Crippen molar-refractivity contribution in [1.82, 2.24) is 15.0 Å². The summed E-state index contributed by atoms with van der Waals surface area (Å²) in [5.74, 6) is 0. The fourth-order valence-electron chi connectivity index (χ4n) is 1.66. The Kier molecular flexibility index (Phi) is 4.47. The van der Waals surface area contributed by atoms with Crippen LogP contribution in [0.15, 0.2) is 23.2 Å². The maximum Gasteiger partial charge on any atom is 0.243 e. The van der Waals surface area contributed by atoms with E-state index in [1.54, 1.807) is 6.07 Å². The summed E-state index contributed by atoms with van der Waals surface area (Å²) in [6, 6.07) is 5.30. The van der Waals surface area contributed by atoms with Crippen molar-refractivity contribution >= 4 is 10.0 Å². The minimum absolute atomic E-state index is 0.0624. The zero-order chi connectivity index (χ0) is 13.7. The molecule has 0 aromatic carbocycles. The first-order valence-corrected chi connectivity index (χ1v) is 7.70. The Hall–Kier alpha value is -1.49. The molecule has 0 spiro atoms. The lowest BCUT2D eigenvalue weighted by molar-refractivity contribution is 0.572. The second-order valence-corrected chi connectivity index (χ2v) is 6.18. The first kappa shape index (κ1) is 13.9. The highest BCUT2D eigenvalue weighted by Crippen LogP contribution is 2.18. The largest absolute Gasteiger partial charge is 0.314 e. The van der Waals surface area contributed by atoms with Gasteiger partial charge in [-0.25, -0.2) is 18.1 Å². The minimum Gasteiger partial charge on any atom is -0.314 e. The van der Waals surface area contributed by atoms with Gasteiger partial charge in [-0.3, -0.25) is 0 Å². The third kappa shape index (κ3) is 3.99. The third-order valence-corrected chi connectivity index (χ3v) is 4.31. The van der Waals surface area contributed by atoms with Crippen LogP contribution in [-0.4, -0.2) is 32.5 Å². The van der Waals surface area contributed by atoms with Gasteiger partial charge in [-0.05, 0) is 37.9 Å². The van der Waals surface area contributed by atoms with Gasteiger partial charge in [-0.1, -0.05) is 0 Å². The van der Waals surface area contributed by atoms with Crippen LogP contribution in [0.25, 0.3) is 0 Å². The Bertz CT molecular complexity index is 576. The lowest BCUT2D eigenvalue weighted by atomic mass is 10.4. The van der Waals surface area contributed by atoms with Gasteiger partial charge < -0.3 is 5.32 Å². The van der Waals surface area contributed by atoms with E-state index >= 15 is 0 Å². The Morgan fingerprint density at radius 3 is 2.89 bits per heavy atom. The summed E-state index contributed by atoms with van der Waals surface area (Å²) in [5, 5.41) is 12.2. The summed E-state index contributed by atoms with van der Waals surface area (Å²) in [4.78, 5) is 3.68. The zero-order valence-electron chi connectivity index (χ0n) is 10.5. The van der Waals surface area contributed by atoms with Gasteiger partial charge in [-0.2, -0.15) is 5.26 Å². The standard InChI is InChI=1S/C12H16N4O2S/c13-9-11-12(3-1-6-15-11)19(17,18)16-8-2-7-14-10-4-5-10/h1,3,6,10,14,16H,2,4-5,7-8H2. The molecule has 0 atom stereocenters. The second kappa shape index (κ2) is 6.10. The predicted molar refractivity (Wildman–Crippen MR) is 69.8 cm³/mol. The van der Waals surface area contributed by atoms with E-state index in [0.717, 1.165) is 13.0 Å². The monoisotopic (exact) mass is 280 g/mol. The Labute approximate surface area is 112 Å². The molecule has 1 saturated carbocycles. The molecule has 0 amide bonds. The molecule has 0 saturated heterocycles. The molecule has 0 radical (unpaired) electrons. The number of hydrogen-bond acceptors (Lipinski definition) is 5. The van der Waals surface area contributed by atoms with E-state index in [1.807, 2.05) is 0 Å². The van der Waals surface area contributed by atoms with Crippen LogP contribution in [0.1, 0.15) is 25.0 Å². The fourth-order valence-corrected chi connectivity index (χ4v) is 2.84. The van der Waals surface area contributed by atoms with E-state index < -0.39 is 10.0 Å². The zero-order valence-corrected chi connectivity index (χ0v) is 11.3. The number of nitrogens with zero attached hydrogens (tertiary/aromatic N) is 2. The van der Waals surface area contributed by atoms with Gasteiger partial charge in [0.25, 0.3) is 0 Å². The predicted octanol–water partition coefficient (Wildman–Crippen LogP) is 0.374. The van der Waals surface area contributed by atoms with Gasteiger partial charge in [0.05, 0.1) is 0 Å². The van der Waals surface area contributed by atoms with Crippen molar-refractivity contribution < 1.29 is 8.42 Å². The molecule has 0 bridgehead atoms. The van der Waals surface area contributed by atoms with Crippen LogP contribution in [-0.2, 0) is 10.0 Å². The summed E-state index contributed by atoms with van der Waals surface area (Å²) >= 11 is 0. The molecular formula is C12H16N4O2S. The van der Waals surface area contributed by atoms with Gasteiger partial charge in [0.2, 0.25) is 10.0 Å². The van der Waals surface area contributed by atoms with Gasteiger partial charge >= 0.3 is 0 Å². The van der Waals surface area contributed by atoms with Crippen molar-refractivity contribution in [3.05, 3.63) is 24.0 Å². The summed E-state index contributed by atoms with van der Waals surface area (Å²) in [7, 11) is -3.65. The lowest BCUT2D eigenvalue weighted by Crippen LogP contribution is -2.28. The summed E-state index contributed by atoms with van der Waals surface area (Å²) < 4.78 is 26.5. The molecule has 6 nitrogen and oxygen atoms in total. The van der Waals surface area contributed by atoms with Crippen LogP contribution in [0.2, 0.25) is 0 Å². The first-order valence-electron chi connectivity index (χ1n) is 6.21. The van der Waals surface area contributed by atoms with E-state index in [1.165, 1.54) is 31.2 Å². The number of nitrogens with one attached hydrogen (secondary N) is 2. The molecule has 0 unspecified atom stereocenters. The molecule has 1 aromatic rings. The van der Waals surface area contributed by atoms with Crippen LogP contribution < -0.4 is 10.0 Å². The Balaban J connectivity index is 1.88. The molecule has 19 heavy (non-hydrogen) atoms. The van der Waals surface area contributed by atoms with Crippen LogP contribution >= 0.6 is 0 Å². The van der Waals surface area contributed by atoms with E-state index in [2.05, 4.69) is 15.0 Å². The van der Waals surface area contributed by atoms with E-state index in [-0.39, 0.29) is 10.6 Å². The molecule has 0 aliphatic heterocycles. The van der Waals surface area contributed by atoms with E-state index in [9.17, 15) is 8.42 Å². The highest BCUT2D eigenvalue weighted by Gasteiger charge is 2.20. The van der Waals surface area contributed by atoms with Gasteiger partial charge in [0.1, 0.15) is 11.0 Å². The quantitative estimate of drug-likeness (QED) is 0.704. The Morgan fingerprint density at radius 1 is 1.42 bits per heavy atom. The van der Waals surface area contributed by atoms with Crippen molar-refractivity contribution in [3.63, 3.8) is 0 Å². The van der Waals surface area contributed by atoms with Crippen LogP contribution in [0.4, 0.5) is 0 Å². The number of rotatable bonds is 7. The first-order chi connectivity index (χ1) is 9.13. The normalized spacial score (nSPS) is 15.1. The number of sulfonamides is 1. The highest BCUT2D eigenvalue weighted by atomic mass is 32.2. The third-order valence-electron chi connectivity index (χ3n) is 2.82. The van der Waals surface area contributed by atoms with Gasteiger partial charge in [0.15, 0.2) is 5.69 Å². The molecule has 102 valence electrons. The molecule has 1 aliphatic rings. The van der Waals surface area contributed by atoms with Crippen LogP contribution in [0, 0.1) is 11.3 Å². The maximum absolute atomic E-state index is 12.0. The fraction of sp³-hybridized carbons (Fsp3) is 0.500. The van der Waals surface area contributed by atoms with Crippen molar-refractivity contribution in [2.45, 2.75) is 30.2 Å². The highest BCUT2D eigenvalue weighted by molar-refractivity contribution is 7.89. The van der Waals surface area contributed by atoms with Crippen molar-refractivity contribution in [2.24, 2.45) is 0 Å². The van der Waals surface area contributed by atoms with Gasteiger partial charge in [0, 0.05) is 18.8 Å². The smallest absolute Gasteiger partial charge is 0.243 e. The van der Waals surface area contributed by atoms with Crippen molar-refractivity contribution in [1.29, 1.82) is 5.26 Å². The summed E-state index contributed by atoms with van der Waals surface area (Å²) in [5.41, 5.74) is -0.0777. The van der Waals surface area contributed by atoms with Crippen LogP contribution in [0.3, 0.4) is 0 Å². The lowest BCUT2D eigenvalue weighted by Gasteiger charge is -2.07. The van der Waals surface area contributed by atoms with E-state index in [4.69, 9.17) is 5.26 Å². The Morgan fingerprint density at radius 2 is 2.21 bits per heavy atom. The molecule has 2 rings (SSSR count). The number of pyridine rings is 1. The second-order valence-electron chi connectivity index (χ2n) is 4.44. The molecule has 1 aliphatic carbocycles. The van der Waals surface area contributed by atoms with Crippen LogP contribution in [0.5, 0.6) is 0 Å². The van der Waals surface area contributed by atoms with Crippen molar-refractivity contribution in [2.75, 3.05) is 13.1 Å². The average Bonchev–Trinajstić information content (AvgIpc) is 3.22. The topological polar surface area (TPSA) is 94.9 Å². The SMILES string of the molecule is N#Cc1ncccc1S(=O)(=O)NCCCNC1CC1. The maximum atomic E-state index is 12.0. The molecule has 1 heterocycles. The summed E-state index contributed by atoms with van der Waals surface area (Å²) in [6.07, 6.45) is 4.55. The number of hydrogen-bond donors (Lipinski definition) is 2. The number of nitriles is 1. The van der Waals surface area contributed by atoms with Gasteiger partial charge in [-0.15, -0.1) is 0 Å². The van der Waals surface area contributed by atoms with E-state index in [0.29, 0.717) is 12.6 Å². The molecule has 1 fully saturated rings. The van der Waals surface area contributed by atoms with Crippen molar-refractivity contribution in [3.8, 4) is 6.07 Å².